The summed E-state index contributed by atoms with van der Waals surface area (Å²) in [6.07, 6.45) is 6.70. The summed E-state index contributed by atoms with van der Waals surface area (Å²) in [5, 5.41) is 7.97. The van der Waals surface area contributed by atoms with Crippen LogP contribution in [0.2, 0.25) is 0 Å². The third-order valence-electron chi connectivity index (χ3n) is 5.43. The third kappa shape index (κ3) is 4.19. The fourth-order valence-electron chi connectivity index (χ4n) is 3.76. The smallest absolute Gasteiger partial charge is 0.165 e. The molecule has 0 radical (unpaired) electrons. The lowest BCUT2D eigenvalue weighted by atomic mass is 10.1. The van der Waals surface area contributed by atoms with Crippen LogP contribution in [0.4, 0.5) is 5.82 Å². The monoisotopic (exact) mass is 400 g/mol. The molecule has 6 nitrogen and oxygen atoms in total. The minimum absolute atomic E-state index is 0.494. The molecule has 0 amide bonds. The van der Waals surface area contributed by atoms with Crippen molar-refractivity contribution in [1.82, 2.24) is 24.9 Å². The number of anilines is 1. The lowest BCUT2D eigenvalue weighted by Crippen LogP contribution is -2.28. The van der Waals surface area contributed by atoms with Crippen molar-refractivity contribution in [1.29, 1.82) is 0 Å². The fraction of sp³-hybridized carbons (Fsp3) is 0.292. The van der Waals surface area contributed by atoms with E-state index in [-0.39, 0.29) is 0 Å². The number of nitrogens with two attached hydrogens (primary N) is 1. The Morgan fingerprint density at radius 3 is 2.57 bits per heavy atom. The van der Waals surface area contributed by atoms with Gasteiger partial charge in [0.15, 0.2) is 5.65 Å². The lowest BCUT2D eigenvalue weighted by Gasteiger charge is -2.15. The van der Waals surface area contributed by atoms with Crippen LogP contribution in [0.5, 0.6) is 0 Å². The van der Waals surface area contributed by atoms with Crippen molar-refractivity contribution in [3.8, 4) is 22.4 Å². The number of benzene rings is 1. The number of hydrogen-bond acceptors (Lipinski definition) is 5. The summed E-state index contributed by atoms with van der Waals surface area (Å²) in [5.41, 5.74) is 12.0. The van der Waals surface area contributed by atoms with Crippen LogP contribution in [0.1, 0.15) is 32.4 Å². The summed E-state index contributed by atoms with van der Waals surface area (Å²) in [6, 6.07) is 16.7. The van der Waals surface area contributed by atoms with E-state index in [2.05, 4.69) is 47.4 Å². The van der Waals surface area contributed by atoms with E-state index in [4.69, 9.17) is 10.7 Å². The minimum Gasteiger partial charge on any atom is -0.384 e. The summed E-state index contributed by atoms with van der Waals surface area (Å²) in [6.45, 7) is 5.33. The Hall–Kier alpha value is -3.25. The van der Waals surface area contributed by atoms with Crippen molar-refractivity contribution >= 4 is 11.5 Å². The molecule has 0 saturated carbocycles. The molecule has 3 aromatic heterocycles. The van der Waals surface area contributed by atoms with Gasteiger partial charge in [-0.3, -0.25) is 4.98 Å². The van der Waals surface area contributed by atoms with E-state index in [1.165, 1.54) is 0 Å². The molecule has 0 fully saturated rings. The molecule has 3 N–H and O–H groups in total. The molecule has 6 heteroatoms. The molecule has 0 aliphatic carbocycles. The van der Waals surface area contributed by atoms with E-state index in [0.29, 0.717) is 11.9 Å². The van der Waals surface area contributed by atoms with Crippen molar-refractivity contribution in [3.05, 3.63) is 66.6 Å². The Kier molecular flexibility index (Phi) is 6.05. The Labute approximate surface area is 177 Å². The second-order valence-corrected chi connectivity index (χ2v) is 7.47. The quantitative estimate of drug-likeness (QED) is 0.459. The molecule has 0 aliphatic heterocycles. The van der Waals surface area contributed by atoms with Crippen LogP contribution >= 0.6 is 0 Å². The Morgan fingerprint density at radius 2 is 1.87 bits per heavy atom. The van der Waals surface area contributed by atoms with Crippen LogP contribution in [-0.4, -0.2) is 32.2 Å². The predicted molar refractivity (Wildman–Crippen MR) is 122 cm³/mol. The normalized spacial score (nSPS) is 12.3. The molecule has 154 valence electrons. The highest BCUT2D eigenvalue weighted by Gasteiger charge is 2.13. The number of nitrogen functional groups attached to an aromatic ring is 1. The molecule has 0 spiro atoms. The number of aromatic nitrogens is 4. The summed E-state index contributed by atoms with van der Waals surface area (Å²) in [4.78, 5) is 9.53. The van der Waals surface area contributed by atoms with Gasteiger partial charge in [-0.05, 0) is 31.9 Å². The average molecular weight is 401 g/mol. The number of pyridine rings is 1. The van der Waals surface area contributed by atoms with E-state index in [9.17, 15) is 0 Å². The molecular weight excluding hydrogens is 372 g/mol. The number of fused-ring (bicyclic) bond motifs is 1. The van der Waals surface area contributed by atoms with Crippen molar-refractivity contribution < 1.29 is 0 Å². The van der Waals surface area contributed by atoms with Gasteiger partial charge in [-0.15, -0.1) is 0 Å². The van der Waals surface area contributed by atoms with Gasteiger partial charge in [0.2, 0.25) is 0 Å². The van der Waals surface area contributed by atoms with E-state index >= 15 is 0 Å². The largest absolute Gasteiger partial charge is 0.384 e. The van der Waals surface area contributed by atoms with Gasteiger partial charge in [-0.1, -0.05) is 50.2 Å². The van der Waals surface area contributed by atoms with E-state index < -0.39 is 0 Å². The molecule has 0 bridgehead atoms. The number of nitrogens with zero attached hydrogens (tertiary/aromatic N) is 4. The average Bonchev–Trinajstić information content (AvgIpc) is 3.22. The summed E-state index contributed by atoms with van der Waals surface area (Å²) in [5.74, 6) is 0.603. The van der Waals surface area contributed by atoms with Gasteiger partial charge in [-0.25, -0.2) is 4.98 Å². The first-order valence-corrected chi connectivity index (χ1v) is 10.6. The van der Waals surface area contributed by atoms with Crippen molar-refractivity contribution in [2.24, 2.45) is 0 Å². The van der Waals surface area contributed by atoms with Gasteiger partial charge in [0.1, 0.15) is 5.82 Å². The van der Waals surface area contributed by atoms with Crippen LogP contribution in [0.25, 0.3) is 28.0 Å². The van der Waals surface area contributed by atoms with Gasteiger partial charge in [0, 0.05) is 40.7 Å². The van der Waals surface area contributed by atoms with Crippen LogP contribution in [0.3, 0.4) is 0 Å². The van der Waals surface area contributed by atoms with Gasteiger partial charge in [0.25, 0.3) is 0 Å². The summed E-state index contributed by atoms with van der Waals surface area (Å²) < 4.78 is 1.70. The zero-order valence-corrected chi connectivity index (χ0v) is 17.5. The standard InChI is InChI=1S/C24H28N6/c1-3-19(26-4-2)11-12-20-14-23(25)30-24(29-20)21(16-28-30)18-10-13-22(27-15-18)17-8-6-5-7-9-17/h5-10,13-16,19,26H,3-4,11-12,25H2,1-2H3/t19-/m0/s1. The highest BCUT2D eigenvalue weighted by molar-refractivity contribution is 5.78. The lowest BCUT2D eigenvalue weighted by molar-refractivity contribution is 0.479. The number of nitrogens with one attached hydrogen (secondary N) is 1. The van der Waals surface area contributed by atoms with E-state index in [1.807, 2.05) is 42.7 Å². The molecule has 0 aliphatic rings. The molecule has 0 saturated heterocycles. The molecular formula is C24H28N6. The van der Waals surface area contributed by atoms with Crippen LogP contribution in [0, 0.1) is 0 Å². The highest BCUT2D eigenvalue weighted by Crippen LogP contribution is 2.27. The van der Waals surface area contributed by atoms with Crippen molar-refractivity contribution in [2.75, 3.05) is 12.3 Å². The van der Waals surface area contributed by atoms with Gasteiger partial charge >= 0.3 is 0 Å². The maximum Gasteiger partial charge on any atom is 0.165 e. The zero-order chi connectivity index (χ0) is 20.9. The van der Waals surface area contributed by atoms with Gasteiger partial charge in [0.05, 0.1) is 11.9 Å². The number of rotatable bonds is 8. The maximum absolute atomic E-state index is 6.28. The van der Waals surface area contributed by atoms with Crippen LogP contribution in [0.15, 0.2) is 60.9 Å². The first-order chi connectivity index (χ1) is 14.7. The third-order valence-corrected chi connectivity index (χ3v) is 5.43. The Morgan fingerprint density at radius 1 is 1.03 bits per heavy atom. The van der Waals surface area contributed by atoms with Crippen molar-refractivity contribution in [3.63, 3.8) is 0 Å². The SMILES string of the molecule is CCN[C@@H](CC)CCc1cc(N)n2ncc(-c3ccc(-c4ccccc4)nc3)c2n1. The minimum atomic E-state index is 0.494. The Balaban J connectivity index is 1.62. The summed E-state index contributed by atoms with van der Waals surface area (Å²) in [7, 11) is 0. The van der Waals surface area contributed by atoms with E-state index in [0.717, 1.165) is 59.5 Å². The van der Waals surface area contributed by atoms with Crippen LogP contribution < -0.4 is 11.1 Å². The molecule has 1 atom stereocenters. The maximum atomic E-state index is 6.28. The molecule has 30 heavy (non-hydrogen) atoms. The number of hydrogen-bond donors (Lipinski definition) is 2. The summed E-state index contributed by atoms with van der Waals surface area (Å²) >= 11 is 0. The Bertz CT molecular complexity index is 1100. The predicted octanol–water partition coefficient (Wildman–Crippen LogP) is 4.36. The van der Waals surface area contributed by atoms with Gasteiger partial charge in [-0.2, -0.15) is 9.61 Å². The van der Waals surface area contributed by atoms with E-state index in [1.54, 1.807) is 4.52 Å². The second kappa shape index (κ2) is 9.05. The molecule has 4 aromatic rings. The van der Waals surface area contributed by atoms with Crippen molar-refractivity contribution in [2.45, 2.75) is 39.2 Å². The molecule has 3 heterocycles. The second-order valence-electron chi connectivity index (χ2n) is 7.47. The zero-order valence-electron chi connectivity index (χ0n) is 17.5. The fourth-order valence-corrected chi connectivity index (χ4v) is 3.76. The van der Waals surface area contributed by atoms with Gasteiger partial charge < -0.3 is 11.1 Å². The first kappa shape index (κ1) is 20.0. The molecule has 1 aromatic carbocycles. The topological polar surface area (TPSA) is 81.1 Å². The van der Waals surface area contributed by atoms with Crippen LogP contribution in [-0.2, 0) is 6.42 Å². The first-order valence-electron chi connectivity index (χ1n) is 10.6. The number of aryl methyl sites for hydroxylation is 1. The molecule has 4 rings (SSSR count). The molecule has 0 unspecified atom stereocenters. The highest BCUT2D eigenvalue weighted by atomic mass is 15.3.